The van der Waals surface area contributed by atoms with Crippen LogP contribution in [0.3, 0.4) is 0 Å². The number of para-hydroxylation sites is 1. The number of hydrogen-bond donors (Lipinski definition) is 1. The molecule has 0 saturated carbocycles. The summed E-state index contributed by atoms with van der Waals surface area (Å²) in [5.41, 5.74) is 2.45. The Morgan fingerprint density at radius 1 is 1.16 bits per heavy atom. The van der Waals surface area contributed by atoms with E-state index < -0.39 is 5.82 Å². The number of carbonyl (C=O) groups is 1. The highest BCUT2D eigenvalue weighted by atomic mass is 32.2. The Bertz CT molecular complexity index is 1090. The van der Waals surface area contributed by atoms with E-state index in [4.69, 9.17) is 4.74 Å². The fourth-order valence-electron chi connectivity index (χ4n) is 3.36. The molecule has 5 nitrogen and oxygen atoms in total. The number of pyridine rings is 1. The minimum atomic E-state index is -0.513. The predicted molar refractivity (Wildman–Crippen MR) is 127 cm³/mol. The van der Waals surface area contributed by atoms with E-state index in [1.165, 1.54) is 24.4 Å². The highest BCUT2D eigenvalue weighted by Crippen LogP contribution is 2.25. The monoisotopic (exact) mass is 449 g/mol. The molecule has 164 valence electrons. The van der Waals surface area contributed by atoms with Crippen LogP contribution in [0.15, 0.2) is 73.1 Å². The second kappa shape index (κ2) is 10.9. The Morgan fingerprint density at radius 2 is 2.00 bits per heavy atom. The van der Waals surface area contributed by atoms with Crippen LogP contribution < -0.4 is 10.1 Å². The van der Waals surface area contributed by atoms with E-state index in [-0.39, 0.29) is 11.7 Å². The van der Waals surface area contributed by atoms with Gasteiger partial charge in [-0.25, -0.2) is 4.39 Å². The average molecular weight is 450 g/mol. The predicted octanol–water partition coefficient (Wildman–Crippen LogP) is 5.21. The van der Waals surface area contributed by atoms with Crippen molar-refractivity contribution >= 4 is 29.4 Å². The molecule has 0 spiro atoms. The van der Waals surface area contributed by atoms with E-state index in [9.17, 15) is 9.18 Å². The number of nitrogens with one attached hydrogen (secondary N) is 1. The standard InChI is InChI=1S/C25H24FN3O2S/c26-22-16-19(7-9-24(22)31-21-5-3-11-27-17-21)8-10-25(30)28-23-6-2-1-4-20(23)18-29-12-14-32-15-13-29/h1-11,16-17H,12-15,18H2,(H,28,30)/b10-8+. The third kappa shape index (κ3) is 6.18. The molecule has 0 atom stereocenters. The Labute approximate surface area is 191 Å². The van der Waals surface area contributed by atoms with Gasteiger partial charge in [0.25, 0.3) is 0 Å². The Hall–Kier alpha value is -3.16. The molecule has 32 heavy (non-hydrogen) atoms. The quantitative estimate of drug-likeness (QED) is 0.502. The molecule has 0 aliphatic carbocycles. The van der Waals surface area contributed by atoms with Gasteiger partial charge in [0, 0.05) is 49.1 Å². The van der Waals surface area contributed by atoms with Crippen molar-refractivity contribution in [2.24, 2.45) is 0 Å². The van der Waals surface area contributed by atoms with Crippen molar-refractivity contribution in [1.29, 1.82) is 0 Å². The number of carbonyl (C=O) groups excluding carboxylic acids is 1. The molecule has 1 fully saturated rings. The van der Waals surface area contributed by atoms with E-state index in [1.54, 1.807) is 30.5 Å². The van der Waals surface area contributed by atoms with Crippen molar-refractivity contribution in [3.05, 3.63) is 90.0 Å². The summed E-state index contributed by atoms with van der Waals surface area (Å²) in [7, 11) is 0. The molecule has 1 aliphatic heterocycles. The van der Waals surface area contributed by atoms with Gasteiger partial charge in [-0.15, -0.1) is 0 Å². The summed E-state index contributed by atoms with van der Waals surface area (Å²) < 4.78 is 19.9. The number of hydrogen-bond acceptors (Lipinski definition) is 5. The van der Waals surface area contributed by atoms with Gasteiger partial charge in [0.2, 0.25) is 5.91 Å². The lowest BCUT2D eigenvalue weighted by molar-refractivity contribution is -0.111. The number of rotatable bonds is 7. The molecule has 1 saturated heterocycles. The zero-order chi connectivity index (χ0) is 22.2. The second-order valence-electron chi connectivity index (χ2n) is 7.35. The largest absolute Gasteiger partial charge is 0.453 e. The molecule has 0 unspecified atom stereocenters. The van der Waals surface area contributed by atoms with Gasteiger partial charge in [-0.05, 0) is 47.5 Å². The smallest absolute Gasteiger partial charge is 0.248 e. The molecule has 1 N–H and O–H groups in total. The molecule has 3 aromatic rings. The minimum Gasteiger partial charge on any atom is -0.453 e. The normalized spacial score (nSPS) is 14.4. The first kappa shape index (κ1) is 22.0. The number of thioether (sulfide) groups is 1. The first-order valence-electron chi connectivity index (χ1n) is 10.4. The lowest BCUT2D eigenvalue weighted by Crippen LogP contribution is -2.32. The van der Waals surface area contributed by atoms with Crippen molar-refractivity contribution in [2.75, 3.05) is 29.9 Å². The lowest BCUT2D eigenvalue weighted by atomic mass is 10.1. The third-order valence-corrected chi connectivity index (χ3v) is 5.96. The fraction of sp³-hybridized carbons (Fsp3) is 0.200. The molecule has 0 bridgehead atoms. The van der Waals surface area contributed by atoms with Crippen LogP contribution in [0.25, 0.3) is 6.08 Å². The van der Waals surface area contributed by atoms with Crippen molar-refractivity contribution in [3.8, 4) is 11.5 Å². The summed E-state index contributed by atoms with van der Waals surface area (Å²) in [5.74, 6) is 2.06. The number of aromatic nitrogens is 1. The number of ether oxygens (including phenoxy) is 1. The van der Waals surface area contributed by atoms with Crippen LogP contribution in [0, 0.1) is 5.82 Å². The Balaban J connectivity index is 1.38. The Kier molecular flexibility index (Phi) is 7.53. The van der Waals surface area contributed by atoms with Crippen molar-refractivity contribution < 1.29 is 13.9 Å². The summed E-state index contributed by atoms with van der Waals surface area (Å²) >= 11 is 1.97. The van der Waals surface area contributed by atoms with Gasteiger partial charge in [-0.2, -0.15) is 11.8 Å². The first-order valence-corrected chi connectivity index (χ1v) is 11.6. The van der Waals surface area contributed by atoms with E-state index in [0.717, 1.165) is 42.4 Å². The van der Waals surface area contributed by atoms with E-state index in [0.29, 0.717) is 11.3 Å². The zero-order valence-electron chi connectivity index (χ0n) is 17.5. The zero-order valence-corrected chi connectivity index (χ0v) is 18.4. The molecule has 1 amide bonds. The number of benzene rings is 2. The average Bonchev–Trinajstić information content (AvgIpc) is 2.82. The molecule has 1 aliphatic rings. The minimum absolute atomic E-state index is 0.102. The van der Waals surface area contributed by atoms with E-state index in [2.05, 4.69) is 15.2 Å². The summed E-state index contributed by atoms with van der Waals surface area (Å²) in [4.78, 5) is 18.8. The van der Waals surface area contributed by atoms with Gasteiger partial charge < -0.3 is 10.1 Å². The van der Waals surface area contributed by atoms with Crippen LogP contribution in [0.1, 0.15) is 11.1 Å². The summed E-state index contributed by atoms with van der Waals surface area (Å²) in [5, 5.41) is 2.95. The maximum Gasteiger partial charge on any atom is 0.248 e. The van der Waals surface area contributed by atoms with Gasteiger partial charge in [0.1, 0.15) is 5.75 Å². The van der Waals surface area contributed by atoms with Crippen LogP contribution >= 0.6 is 11.8 Å². The molecule has 1 aromatic heterocycles. The van der Waals surface area contributed by atoms with Gasteiger partial charge in [-0.3, -0.25) is 14.7 Å². The van der Waals surface area contributed by atoms with Crippen molar-refractivity contribution in [1.82, 2.24) is 9.88 Å². The SMILES string of the molecule is O=C(/C=C/c1ccc(Oc2cccnc2)c(F)c1)Nc1ccccc1CN1CCSCC1. The molecule has 2 aromatic carbocycles. The van der Waals surface area contributed by atoms with Crippen molar-refractivity contribution in [2.45, 2.75) is 6.54 Å². The highest BCUT2D eigenvalue weighted by molar-refractivity contribution is 7.99. The van der Waals surface area contributed by atoms with Gasteiger partial charge in [0.15, 0.2) is 11.6 Å². The number of amides is 1. The summed E-state index contributed by atoms with van der Waals surface area (Å²) in [6, 6.07) is 15.8. The fourth-order valence-corrected chi connectivity index (χ4v) is 4.34. The van der Waals surface area contributed by atoms with Crippen LogP contribution in [0.2, 0.25) is 0 Å². The molecule has 2 heterocycles. The molecule has 4 rings (SSSR count). The van der Waals surface area contributed by atoms with Crippen LogP contribution in [0.5, 0.6) is 11.5 Å². The van der Waals surface area contributed by atoms with Crippen molar-refractivity contribution in [3.63, 3.8) is 0 Å². The van der Waals surface area contributed by atoms with E-state index in [1.807, 2.05) is 36.0 Å². The Morgan fingerprint density at radius 3 is 2.78 bits per heavy atom. The first-order chi connectivity index (χ1) is 15.7. The maximum atomic E-state index is 14.4. The van der Waals surface area contributed by atoms with Crippen LogP contribution in [0.4, 0.5) is 10.1 Å². The van der Waals surface area contributed by atoms with Crippen LogP contribution in [-0.2, 0) is 11.3 Å². The maximum absolute atomic E-state index is 14.4. The topological polar surface area (TPSA) is 54.5 Å². The molecular weight excluding hydrogens is 425 g/mol. The third-order valence-electron chi connectivity index (χ3n) is 5.02. The highest BCUT2D eigenvalue weighted by Gasteiger charge is 2.13. The van der Waals surface area contributed by atoms with Crippen LogP contribution in [-0.4, -0.2) is 40.4 Å². The van der Waals surface area contributed by atoms with Gasteiger partial charge in [-0.1, -0.05) is 24.3 Å². The summed E-state index contributed by atoms with van der Waals surface area (Å²) in [6.45, 7) is 2.92. The second-order valence-corrected chi connectivity index (χ2v) is 8.57. The molecule has 7 heteroatoms. The number of halogens is 1. The number of anilines is 1. The summed E-state index contributed by atoms with van der Waals surface area (Å²) in [6.07, 6.45) is 6.12. The van der Waals surface area contributed by atoms with Gasteiger partial charge in [0.05, 0.1) is 6.20 Å². The van der Waals surface area contributed by atoms with Gasteiger partial charge >= 0.3 is 0 Å². The molecule has 0 radical (unpaired) electrons. The molecular formula is C25H24FN3O2S. The number of nitrogens with zero attached hydrogens (tertiary/aromatic N) is 2. The lowest BCUT2D eigenvalue weighted by Gasteiger charge is -2.27. The van der Waals surface area contributed by atoms with E-state index >= 15 is 0 Å².